The average molecular weight is 369 g/mol. The van der Waals surface area contributed by atoms with E-state index in [4.69, 9.17) is 0 Å². The predicted molar refractivity (Wildman–Crippen MR) is 107 cm³/mol. The van der Waals surface area contributed by atoms with Crippen LogP contribution in [-0.4, -0.2) is 50.1 Å². The van der Waals surface area contributed by atoms with Gasteiger partial charge in [0.2, 0.25) is 5.91 Å². The molecule has 1 amide bonds. The smallest absolute Gasteiger partial charge is 0.221 e. The number of hydrogen-bond acceptors (Lipinski definition) is 3. The molecular formula is C22H28FN3O. The second kappa shape index (κ2) is 10.1. The molecule has 0 saturated carbocycles. The predicted octanol–water partition coefficient (Wildman–Crippen LogP) is 3.09. The van der Waals surface area contributed by atoms with Crippen LogP contribution < -0.4 is 10.2 Å². The summed E-state index contributed by atoms with van der Waals surface area (Å²) in [5, 5.41) is 3.01. The van der Waals surface area contributed by atoms with Crippen molar-refractivity contribution in [1.82, 2.24) is 10.2 Å². The number of para-hydroxylation sites is 1. The number of halogens is 1. The first-order chi connectivity index (χ1) is 13.2. The molecule has 1 heterocycles. The lowest BCUT2D eigenvalue weighted by Gasteiger charge is -2.36. The van der Waals surface area contributed by atoms with Gasteiger partial charge in [-0.3, -0.25) is 9.69 Å². The van der Waals surface area contributed by atoms with Gasteiger partial charge >= 0.3 is 0 Å². The number of amides is 1. The molecule has 1 saturated heterocycles. The molecule has 1 fully saturated rings. The Kier molecular flexibility index (Phi) is 7.22. The minimum Gasteiger partial charge on any atom is -0.367 e. The van der Waals surface area contributed by atoms with Crippen LogP contribution in [-0.2, 0) is 11.2 Å². The van der Waals surface area contributed by atoms with E-state index >= 15 is 0 Å². The maximum absolute atomic E-state index is 13.9. The van der Waals surface area contributed by atoms with Gasteiger partial charge in [-0.05, 0) is 30.5 Å². The number of nitrogens with one attached hydrogen (secondary N) is 1. The Morgan fingerprint density at radius 3 is 2.41 bits per heavy atom. The summed E-state index contributed by atoms with van der Waals surface area (Å²) in [7, 11) is 0. The summed E-state index contributed by atoms with van der Waals surface area (Å²) in [6, 6.07) is 17.2. The van der Waals surface area contributed by atoms with Crippen LogP contribution in [0.25, 0.3) is 0 Å². The molecule has 27 heavy (non-hydrogen) atoms. The fourth-order valence-electron chi connectivity index (χ4n) is 3.43. The summed E-state index contributed by atoms with van der Waals surface area (Å²) < 4.78 is 13.9. The van der Waals surface area contributed by atoms with Crippen LogP contribution in [0.4, 0.5) is 10.1 Å². The van der Waals surface area contributed by atoms with E-state index in [2.05, 4.69) is 27.2 Å². The van der Waals surface area contributed by atoms with Gasteiger partial charge in [0.15, 0.2) is 0 Å². The molecule has 0 unspecified atom stereocenters. The SMILES string of the molecule is O=C(CCN1CCN(c2ccccc2F)CC1)NCCCc1ccccc1. The Balaban J connectivity index is 1.29. The van der Waals surface area contributed by atoms with Crippen LogP contribution in [0.1, 0.15) is 18.4 Å². The number of anilines is 1. The number of hydrogen-bond donors (Lipinski definition) is 1. The molecule has 4 nitrogen and oxygen atoms in total. The first-order valence-corrected chi connectivity index (χ1v) is 9.75. The van der Waals surface area contributed by atoms with Gasteiger partial charge in [-0.1, -0.05) is 42.5 Å². The van der Waals surface area contributed by atoms with E-state index in [0.29, 0.717) is 12.1 Å². The van der Waals surface area contributed by atoms with Crippen molar-refractivity contribution in [3.63, 3.8) is 0 Å². The Morgan fingerprint density at radius 1 is 0.963 bits per heavy atom. The first-order valence-electron chi connectivity index (χ1n) is 9.75. The summed E-state index contributed by atoms with van der Waals surface area (Å²) in [4.78, 5) is 16.4. The van der Waals surface area contributed by atoms with Crippen molar-refractivity contribution in [3.05, 3.63) is 66.0 Å². The number of rotatable bonds is 8. The highest BCUT2D eigenvalue weighted by molar-refractivity contribution is 5.76. The van der Waals surface area contributed by atoms with Crippen LogP contribution in [0.15, 0.2) is 54.6 Å². The molecule has 0 atom stereocenters. The van der Waals surface area contributed by atoms with Crippen LogP contribution in [0, 0.1) is 5.82 Å². The maximum Gasteiger partial charge on any atom is 0.221 e. The highest BCUT2D eigenvalue weighted by atomic mass is 19.1. The van der Waals surface area contributed by atoms with Crippen LogP contribution >= 0.6 is 0 Å². The molecule has 1 N–H and O–H groups in total. The molecule has 144 valence electrons. The van der Waals surface area contributed by atoms with Crippen molar-refractivity contribution in [3.8, 4) is 0 Å². The topological polar surface area (TPSA) is 35.6 Å². The van der Waals surface area contributed by atoms with Gasteiger partial charge in [-0.2, -0.15) is 0 Å². The second-order valence-electron chi connectivity index (χ2n) is 6.97. The molecule has 2 aromatic carbocycles. The number of benzene rings is 2. The van der Waals surface area contributed by atoms with E-state index in [9.17, 15) is 9.18 Å². The zero-order valence-electron chi connectivity index (χ0n) is 15.7. The average Bonchev–Trinajstić information content (AvgIpc) is 2.71. The molecule has 1 aliphatic heterocycles. The Labute approximate surface area is 161 Å². The van der Waals surface area contributed by atoms with Gasteiger partial charge in [0.25, 0.3) is 0 Å². The molecule has 0 aromatic heterocycles. The molecule has 0 aliphatic carbocycles. The molecule has 0 radical (unpaired) electrons. The summed E-state index contributed by atoms with van der Waals surface area (Å²) >= 11 is 0. The normalized spacial score (nSPS) is 14.9. The highest BCUT2D eigenvalue weighted by Crippen LogP contribution is 2.20. The van der Waals surface area contributed by atoms with Crippen molar-refractivity contribution < 1.29 is 9.18 Å². The van der Waals surface area contributed by atoms with Crippen LogP contribution in [0.2, 0.25) is 0 Å². The van der Waals surface area contributed by atoms with Crippen molar-refractivity contribution in [2.45, 2.75) is 19.3 Å². The number of piperazine rings is 1. The summed E-state index contributed by atoms with van der Waals surface area (Å²) in [5.41, 5.74) is 1.98. The molecular weight excluding hydrogens is 341 g/mol. The number of carbonyl (C=O) groups is 1. The lowest BCUT2D eigenvalue weighted by Crippen LogP contribution is -2.47. The highest BCUT2D eigenvalue weighted by Gasteiger charge is 2.19. The van der Waals surface area contributed by atoms with Gasteiger partial charge < -0.3 is 10.2 Å². The Hall–Kier alpha value is -2.40. The standard InChI is InChI=1S/C22H28FN3O/c23-20-10-4-5-11-21(20)26-17-15-25(16-18-26)14-12-22(27)24-13-6-9-19-7-2-1-3-8-19/h1-5,7-8,10-11H,6,9,12-18H2,(H,24,27). The van der Waals surface area contributed by atoms with Crippen molar-refractivity contribution in [2.24, 2.45) is 0 Å². The van der Waals surface area contributed by atoms with Gasteiger partial charge in [-0.25, -0.2) is 4.39 Å². The number of aryl methyl sites for hydroxylation is 1. The van der Waals surface area contributed by atoms with Gasteiger partial charge in [0.05, 0.1) is 5.69 Å². The zero-order chi connectivity index (χ0) is 18.9. The summed E-state index contributed by atoms with van der Waals surface area (Å²) in [6.07, 6.45) is 2.46. The van der Waals surface area contributed by atoms with Gasteiger partial charge in [0.1, 0.15) is 5.82 Å². The van der Waals surface area contributed by atoms with Gasteiger partial charge in [-0.15, -0.1) is 0 Å². The third kappa shape index (κ3) is 6.07. The molecule has 1 aliphatic rings. The van der Waals surface area contributed by atoms with E-state index in [-0.39, 0.29) is 11.7 Å². The van der Waals surface area contributed by atoms with Crippen molar-refractivity contribution in [2.75, 3.05) is 44.2 Å². The minimum atomic E-state index is -0.166. The van der Waals surface area contributed by atoms with Crippen molar-refractivity contribution >= 4 is 11.6 Å². The van der Waals surface area contributed by atoms with Crippen LogP contribution in [0.5, 0.6) is 0 Å². The van der Waals surface area contributed by atoms with Gasteiger partial charge in [0, 0.05) is 45.7 Å². The quantitative estimate of drug-likeness (QED) is 0.727. The molecule has 3 rings (SSSR count). The summed E-state index contributed by atoms with van der Waals surface area (Å²) in [5.74, 6) is -0.0552. The van der Waals surface area contributed by atoms with E-state index < -0.39 is 0 Å². The third-order valence-electron chi connectivity index (χ3n) is 5.03. The second-order valence-corrected chi connectivity index (χ2v) is 6.97. The number of nitrogens with zero attached hydrogens (tertiary/aromatic N) is 2. The largest absolute Gasteiger partial charge is 0.367 e. The fraction of sp³-hybridized carbons (Fsp3) is 0.409. The van der Waals surface area contributed by atoms with Crippen molar-refractivity contribution in [1.29, 1.82) is 0 Å². The number of carbonyl (C=O) groups excluding carboxylic acids is 1. The Bertz CT molecular complexity index is 715. The lowest BCUT2D eigenvalue weighted by atomic mass is 10.1. The first kappa shape index (κ1) is 19.4. The summed E-state index contributed by atoms with van der Waals surface area (Å²) in [6.45, 7) is 4.77. The molecule has 2 aromatic rings. The zero-order valence-corrected chi connectivity index (χ0v) is 15.7. The fourth-order valence-corrected chi connectivity index (χ4v) is 3.43. The van der Waals surface area contributed by atoms with E-state index in [1.807, 2.05) is 30.3 Å². The van der Waals surface area contributed by atoms with E-state index in [0.717, 1.165) is 52.1 Å². The van der Waals surface area contributed by atoms with Crippen LogP contribution in [0.3, 0.4) is 0 Å². The van der Waals surface area contributed by atoms with E-state index in [1.165, 1.54) is 11.6 Å². The molecule has 0 bridgehead atoms. The lowest BCUT2D eigenvalue weighted by molar-refractivity contribution is -0.121. The maximum atomic E-state index is 13.9. The molecule has 0 spiro atoms. The monoisotopic (exact) mass is 369 g/mol. The third-order valence-corrected chi connectivity index (χ3v) is 5.03. The molecule has 5 heteroatoms. The minimum absolute atomic E-state index is 0.111. The van der Waals surface area contributed by atoms with E-state index in [1.54, 1.807) is 6.07 Å². The Morgan fingerprint density at radius 2 is 1.67 bits per heavy atom.